The average molecular weight is 635 g/mol. The van der Waals surface area contributed by atoms with Gasteiger partial charge in [0, 0.05) is 6.42 Å². The van der Waals surface area contributed by atoms with Crippen molar-refractivity contribution in [2.75, 3.05) is 12.3 Å². The SMILES string of the molecule is C[C@H](NP(=O)(OC[C@H]1O[C@@H](n2cnc3c(N)nc(Cl)nc32)C(F)C[C@H]1O)Oc1ccccc1)C(=O)OCc1ccccc1. The van der Waals surface area contributed by atoms with Gasteiger partial charge < -0.3 is 24.8 Å². The number of hydrogen-bond acceptors (Lipinski definition) is 11. The van der Waals surface area contributed by atoms with Gasteiger partial charge in [-0.05, 0) is 36.2 Å². The predicted octanol–water partition coefficient (Wildman–Crippen LogP) is 3.97. The second-order valence-electron chi connectivity index (χ2n) is 9.73. The number of nitrogens with zero attached hydrogens (tertiary/aromatic N) is 4. The van der Waals surface area contributed by atoms with E-state index in [0.717, 1.165) is 5.56 Å². The molecule has 1 saturated heterocycles. The molecule has 2 unspecified atom stereocenters. The zero-order chi connectivity index (χ0) is 30.6. The van der Waals surface area contributed by atoms with Gasteiger partial charge in [0.15, 0.2) is 17.7 Å². The first-order chi connectivity index (χ1) is 20.6. The minimum Gasteiger partial charge on any atom is -0.460 e. The third kappa shape index (κ3) is 7.47. The van der Waals surface area contributed by atoms with Gasteiger partial charge in [0.25, 0.3) is 0 Å². The summed E-state index contributed by atoms with van der Waals surface area (Å²) in [5, 5.41) is 13.0. The summed E-state index contributed by atoms with van der Waals surface area (Å²) in [6, 6.07) is 16.1. The van der Waals surface area contributed by atoms with Gasteiger partial charge in [0.05, 0.1) is 19.0 Å². The van der Waals surface area contributed by atoms with Crippen molar-refractivity contribution in [1.82, 2.24) is 24.6 Å². The number of anilines is 1. The van der Waals surface area contributed by atoms with Gasteiger partial charge in [0.1, 0.15) is 36.2 Å². The van der Waals surface area contributed by atoms with Gasteiger partial charge in [0.2, 0.25) is 5.28 Å². The maximum atomic E-state index is 15.2. The molecule has 2 aromatic carbocycles. The largest absolute Gasteiger partial charge is 0.460 e. The molecule has 0 amide bonds. The number of aliphatic hydroxyl groups is 1. The first-order valence-electron chi connectivity index (χ1n) is 13.2. The number of carbonyl (C=O) groups excluding carboxylic acids is 1. The minimum absolute atomic E-state index is 0.00127. The van der Waals surface area contributed by atoms with Crippen LogP contribution in [0.15, 0.2) is 67.0 Å². The van der Waals surface area contributed by atoms with Crippen molar-refractivity contribution in [1.29, 1.82) is 0 Å². The Morgan fingerprint density at radius 1 is 1.23 bits per heavy atom. The lowest BCUT2D eigenvalue weighted by molar-refractivity contribution is -0.186. The van der Waals surface area contributed by atoms with E-state index in [9.17, 15) is 14.5 Å². The maximum Gasteiger partial charge on any atom is 0.459 e. The van der Waals surface area contributed by atoms with Gasteiger partial charge in [-0.25, -0.2) is 13.9 Å². The van der Waals surface area contributed by atoms with Gasteiger partial charge in [-0.15, -0.1) is 0 Å². The molecule has 0 saturated carbocycles. The molecule has 16 heteroatoms. The van der Waals surface area contributed by atoms with E-state index in [1.54, 1.807) is 42.5 Å². The predicted molar refractivity (Wildman–Crippen MR) is 154 cm³/mol. The second-order valence-corrected chi connectivity index (χ2v) is 11.8. The topological polar surface area (TPSA) is 173 Å². The van der Waals surface area contributed by atoms with Gasteiger partial charge >= 0.3 is 13.7 Å². The van der Waals surface area contributed by atoms with Crippen LogP contribution in [-0.2, 0) is 30.0 Å². The molecule has 4 N–H and O–H groups in total. The first kappa shape index (κ1) is 30.8. The fourth-order valence-electron chi connectivity index (χ4n) is 4.37. The second kappa shape index (κ2) is 13.3. The molecule has 6 atom stereocenters. The molecule has 5 rings (SSSR count). The van der Waals surface area contributed by atoms with Crippen LogP contribution in [0.3, 0.4) is 0 Å². The number of aromatic nitrogens is 4. The summed E-state index contributed by atoms with van der Waals surface area (Å²) in [6.07, 6.45) is -4.55. The van der Waals surface area contributed by atoms with Crippen LogP contribution < -0.4 is 15.3 Å². The lowest BCUT2D eigenvalue weighted by Crippen LogP contribution is -2.46. The molecule has 1 fully saturated rings. The molecule has 228 valence electrons. The van der Waals surface area contributed by atoms with Crippen molar-refractivity contribution < 1.29 is 37.4 Å². The summed E-state index contributed by atoms with van der Waals surface area (Å²) in [5.41, 5.74) is 6.95. The third-order valence-corrected chi connectivity index (χ3v) is 8.33. The molecule has 0 aliphatic carbocycles. The normalized spacial score (nSPS) is 22.5. The number of nitrogens with two attached hydrogens (primary N) is 1. The highest BCUT2D eigenvalue weighted by atomic mass is 35.5. The van der Waals surface area contributed by atoms with Crippen LogP contribution in [-0.4, -0.2) is 61.6 Å². The molecular formula is C27H29ClFN6O7P. The lowest BCUT2D eigenvalue weighted by atomic mass is 10.0. The van der Waals surface area contributed by atoms with Crippen LogP contribution in [0.5, 0.6) is 5.75 Å². The Hall–Kier alpha value is -3.65. The molecule has 0 bridgehead atoms. The molecule has 4 aromatic rings. The highest BCUT2D eigenvalue weighted by Gasteiger charge is 2.42. The number of para-hydroxylation sites is 1. The number of esters is 1. The van der Waals surface area contributed by atoms with Crippen LogP contribution in [0.2, 0.25) is 5.28 Å². The van der Waals surface area contributed by atoms with Crippen LogP contribution >= 0.6 is 19.3 Å². The highest BCUT2D eigenvalue weighted by Crippen LogP contribution is 2.46. The molecule has 3 heterocycles. The van der Waals surface area contributed by atoms with Crippen molar-refractivity contribution in [3.8, 4) is 5.75 Å². The van der Waals surface area contributed by atoms with Crippen molar-refractivity contribution >= 4 is 42.3 Å². The summed E-state index contributed by atoms with van der Waals surface area (Å²) in [7, 11) is -4.30. The number of benzene rings is 2. The van der Waals surface area contributed by atoms with Crippen LogP contribution in [0.25, 0.3) is 11.2 Å². The number of fused-ring (bicyclic) bond motifs is 1. The zero-order valence-corrected chi connectivity index (χ0v) is 24.5. The minimum atomic E-state index is -4.30. The smallest absolute Gasteiger partial charge is 0.459 e. The number of nitrogens with one attached hydrogen (secondary N) is 1. The number of carbonyl (C=O) groups is 1. The van der Waals surface area contributed by atoms with Gasteiger partial charge in [-0.1, -0.05) is 48.5 Å². The van der Waals surface area contributed by atoms with Gasteiger partial charge in [-0.3, -0.25) is 13.9 Å². The fourth-order valence-corrected chi connectivity index (χ4v) is 6.04. The van der Waals surface area contributed by atoms with Crippen molar-refractivity contribution in [2.45, 2.75) is 50.6 Å². The Labute approximate surface area is 250 Å². The number of aliphatic hydroxyl groups excluding tert-OH is 1. The summed E-state index contributed by atoms with van der Waals surface area (Å²) >= 11 is 5.94. The Balaban J connectivity index is 1.30. The van der Waals surface area contributed by atoms with Crippen LogP contribution in [0, 0.1) is 0 Å². The van der Waals surface area contributed by atoms with E-state index in [2.05, 4.69) is 20.0 Å². The number of ether oxygens (including phenoxy) is 2. The molecular weight excluding hydrogens is 606 g/mol. The summed E-state index contributed by atoms with van der Waals surface area (Å²) in [4.78, 5) is 24.8. The van der Waals surface area contributed by atoms with E-state index < -0.39 is 51.0 Å². The molecule has 0 radical (unpaired) electrons. The summed E-state index contributed by atoms with van der Waals surface area (Å²) < 4.78 is 52.9. The maximum absolute atomic E-state index is 15.2. The van der Waals surface area contributed by atoms with Crippen molar-refractivity contribution in [2.24, 2.45) is 0 Å². The number of imidazole rings is 1. The van der Waals surface area contributed by atoms with E-state index in [-0.39, 0.29) is 41.0 Å². The van der Waals surface area contributed by atoms with E-state index in [1.165, 1.54) is 17.8 Å². The quantitative estimate of drug-likeness (QED) is 0.123. The first-order valence-corrected chi connectivity index (χ1v) is 15.1. The monoisotopic (exact) mass is 634 g/mol. The van der Waals surface area contributed by atoms with Gasteiger partial charge in [-0.2, -0.15) is 15.1 Å². The Morgan fingerprint density at radius 2 is 1.93 bits per heavy atom. The summed E-state index contributed by atoms with van der Waals surface area (Å²) in [6.45, 7) is 0.947. The molecule has 2 aromatic heterocycles. The fraction of sp³-hybridized carbons (Fsp3) is 0.333. The average Bonchev–Trinajstić information content (AvgIpc) is 3.40. The zero-order valence-electron chi connectivity index (χ0n) is 22.8. The molecule has 1 aliphatic heterocycles. The molecule has 1 aliphatic rings. The standard InChI is InChI=1S/C27H29ClFN6O7P/c1-16(26(37)39-13-17-8-4-2-5-9-17)34-43(38,42-18-10-6-3-7-11-18)40-14-21-20(36)12-19(29)25(41-21)35-15-31-22-23(30)32-27(28)33-24(22)35/h2-11,15-16,19-21,25,36H,12-14H2,1H3,(H,34,38)(H2,30,32,33)/t16-,19?,20+,21+,25+,43?/m0/s1. The van der Waals surface area contributed by atoms with Crippen molar-refractivity contribution in [3.63, 3.8) is 0 Å². The van der Waals surface area contributed by atoms with Crippen molar-refractivity contribution in [3.05, 3.63) is 77.8 Å². The Kier molecular flexibility index (Phi) is 9.55. The molecule has 43 heavy (non-hydrogen) atoms. The number of hydrogen-bond donors (Lipinski definition) is 3. The number of alkyl halides is 1. The Morgan fingerprint density at radius 3 is 2.65 bits per heavy atom. The number of halogens is 2. The highest BCUT2D eigenvalue weighted by molar-refractivity contribution is 7.52. The van der Waals surface area contributed by atoms with E-state index >= 15 is 4.39 Å². The molecule has 13 nitrogen and oxygen atoms in total. The lowest BCUT2D eigenvalue weighted by Gasteiger charge is -2.37. The van der Waals surface area contributed by atoms with E-state index in [1.807, 2.05) is 18.2 Å². The summed E-state index contributed by atoms with van der Waals surface area (Å²) in [5.74, 6) is -0.513. The third-order valence-electron chi connectivity index (χ3n) is 6.52. The van der Waals surface area contributed by atoms with E-state index in [0.29, 0.717) is 0 Å². The van der Waals surface area contributed by atoms with Crippen LogP contribution in [0.1, 0.15) is 25.1 Å². The number of nitrogen functional groups attached to an aromatic ring is 1. The van der Waals surface area contributed by atoms with E-state index in [4.69, 9.17) is 35.9 Å². The van der Waals surface area contributed by atoms with Crippen LogP contribution in [0.4, 0.5) is 10.2 Å². The Bertz CT molecular complexity index is 1600. The molecule has 0 spiro atoms. The number of rotatable bonds is 11.